The lowest BCUT2D eigenvalue weighted by Crippen LogP contribution is -2.22. The third-order valence-electron chi connectivity index (χ3n) is 3.58. The van der Waals surface area contributed by atoms with E-state index >= 15 is 0 Å². The van der Waals surface area contributed by atoms with E-state index in [0.29, 0.717) is 18.5 Å². The van der Waals surface area contributed by atoms with Gasteiger partial charge in [0, 0.05) is 35.6 Å². The first-order valence-corrected chi connectivity index (χ1v) is 7.27. The summed E-state index contributed by atoms with van der Waals surface area (Å²) in [5, 5.41) is 8.10. The van der Waals surface area contributed by atoms with Crippen LogP contribution in [0.4, 0.5) is 0 Å². The quantitative estimate of drug-likeness (QED) is 0.887. The molecule has 0 unspecified atom stereocenters. The van der Waals surface area contributed by atoms with E-state index in [1.165, 1.54) is 11.3 Å². The Kier molecular flexibility index (Phi) is 4.96. The molecule has 0 aliphatic carbocycles. The van der Waals surface area contributed by atoms with Crippen molar-refractivity contribution in [2.24, 2.45) is 0 Å². The number of aromatic nitrogens is 3. The van der Waals surface area contributed by atoms with Gasteiger partial charge in [-0.3, -0.25) is 4.68 Å². The van der Waals surface area contributed by atoms with E-state index in [1.54, 1.807) is 13.3 Å². The maximum Gasteiger partial charge on any atom is 0.218 e. The Morgan fingerprint density at radius 2 is 2.10 bits per heavy atom. The van der Waals surface area contributed by atoms with Gasteiger partial charge in [0.05, 0.1) is 19.3 Å². The SMILES string of the molecule is COc1ncccc1Cn1nc(C)c(CNC(C)C)c1C. The summed E-state index contributed by atoms with van der Waals surface area (Å²) in [6.45, 7) is 9.98. The highest BCUT2D eigenvalue weighted by molar-refractivity contribution is 5.29. The zero-order chi connectivity index (χ0) is 15.4. The number of hydrogen-bond acceptors (Lipinski definition) is 4. The number of nitrogens with zero attached hydrogens (tertiary/aromatic N) is 3. The topological polar surface area (TPSA) is 52.0 Å². The molecule has 0 spiro atoms. The average molecular weight is 288 g/mol. The Morgan fingerprint density at radius 1 is 1.33 bits per heavy atom. The van der Waals surface area contributed by atoms with Crippen LogP contribution in [0.15, 0.2) is 18.3 Å². The number of methoxy groups -OCH3 is 1. The molecular weight excluding hydrogens is 264 g/mol. The molecule has 2 aromatic rings. The van der Waals surface area contributed by atoms with Gasteiger partial charge < -0.3 is 10.1 Å². The summed E-state index contributed by atoms with van der Waals surface area (Å²) in [6.07, 6.45) is 1.74. The van der Waals surface area contributed by atoms with Crippen LogP contribution in [0.3, 0.4) is 0 Å². The Morgan fingerprint density at radius 3 is 2.76 bits per heavy atom. The number of ether oxygens (including phenoxy) is 1. The van der Waals surface area contributed by atoms with Gasteiger partial charge in [0.1, 0.15) is 0 Å². The Labute approximate surface area is 126 Å². The minimum atomic E-state index is 0.463. The molecule has 2 aromatic heterocycles. The molecule has 0 saturated carbocycles. The van der Waals surface area contributed by atoms with Gasteiger partial charge in [-0.15, -0.1) is 0 Å². The highest BCUT2D eigenvalue weighted by Crippen LogP contribution is 2.19. The number of rotatable bonds is 6. The molecule has 114 valence electrons. The smallest absolute Gasteiger partial charge is 0.218 e. The van der Waals surface area contributed by atoms with Crippen LogP contribution in [0.5, 0.6) is 5.88 Å². The molecular formula is C16H24N4O. The van der Waals surface area contributed by atoms with E-state index in [1.807, 2.05) is 16.8 Å². The van der Waals surface area contributed by atoms with Crippen LogP contribution in [0, 0.1) is 13.8 Å². The maximum absolute atomic E-state index is 5.31. The first-order chi connectivity index (χ1) is 10.0. The second kappa shape index (κ2) is 6.72. The van der Waals surface area contributed by atoms with Gasteiger partial charge in [0.25, 0.3) is 0 Å². The van der Waals surface area contributed by atoms with Gasteiger partial charge in [-0.2, -0.15) is 5.10 Å². The first kappa shape index (κ1) is 15.5. The standard InChI is InChI=1S/C16H24N4O/c1-11(2)18-9-15-12(3)19-20(13(15)4)10-14-7-6-8-17-16(14)21-5/h6-8,11,18H,9-10H2,1-5H3. The van der Waals surface area contributed by atoms with Crippen molar-refractivity contribution in [1.82, 2.24) is 20.1 Å². The zero-order valence-corrected chi connectivity index (χ0v) is 13.5. The van der Waals surface area contributed by atoms with Gasteiger partial charge in [-0.05, 0) is 19.9 Å². The molecule has 0 aliphatic heterocycles. The third kappa shape index (κ3) is 3.61. The highest BCUT2D eigenvalue weighted by Gasteiger charge is 2.13. The second-order valence-corrected chi connectivity index (χ2v) is 5.51. The lowest BCUT2D eigenvalue weighted by Gasteiger charge is -2.10. The van der Waals surface area contributed by atoms with Gasteiger partial charge >= 0.3 is 0 Å². The fourth-order valence-electron chi connectivity index (χ4n) is 2.34. The molecule has 0 aliphatic rings. The number of aryl methyl sites for hydroxylation is 1. The van der Waals surface area contributed by atoms with Gasteiger partial charge in [-0.1, -0.05) is 19.9 Å². The van der Waals surface area contributed by atoms with Crippen LogP contribution in [0.25, 0.3) is 0 Å². The van der Waals surface area contributed by atoms with E-state index in [2.05, 4.69) is 43.1 Å². The molecule has 5 nitrogen and oxygen atoms in total. The van der Waals surface area contributed by atoms with Crippen molar-refractivity contribution in [3.05, 3.63) is 40.8 Å². The molecule has 0 aromatic carbocycles. The monoisotopic (exact) mass is 288 g/mol. The first-order valence-electron chi connectivity index (χ1n) is 7.27. The van der Waals surface area contributed by atoms with Crippen molar-refractivity contribution in [1.29, 1.82) is 0 Å². The molecule has 0 amide bonds. The van der Waals surface area contributed by atoms with Crippen molar-refractivity contribution in [3.63, 3.8) is 0 Å². The van der Waals surface area contributed by atoms with E-state index in [4.69, 9.17) is 4.74 Å². The second-order valence-electron chi connectivity index (χ2n) is 5.51. The fraction of sp³-hybridized carbons (Fsp3) is 0.500. The van der Waals surface area contributed by atoms with E-state index in [0.717, 1.165) is 17.8 Å². The number of hydrogen-bond donors (Lipinski definition) is 1. The molecule has 0 atom stereocenters. The van der Waals surface area contributed by atoms with E-state index < -0.39 is 0 Å². The Bertz CT molecular complexity index is 604. The van der Waals surface area contributed by atoms with Crippen molar-refractivity contribution < 1.29 is 4.74 Å². The lowest BCUT2D eigenvalue weighted by atomic mass is 10.2. The molecule has 0 radical (unpaired) electrons. The normalized spacial score (nSPS) is 11.1. The van der Waals surface area contributed by atoms with Crippen LogP contribution in [0.2, 0.25) is 0 Å². The van der Waals surface area contributed by atoms with Crippen LogP contribution in [0.1, 0.15) is 36.4 Å². The summed E-state index contributed by atoms with van der Waals surface area (Å²) in [5.41, 5.74) is 4.57. The number of pyridine rings is 1. The van der Waals surface area contributed by atoms with Gasteiger partial charge in [-0.25, -0.2) is 4.98 Å². The molecule has 1 N–H and O–H groups in total. The summed E-state index contributed by atoms with van der Waals surface area (Å²) in [6, 6.07) is 4.41. The zero-order valence-electron chi connectivity index (χ0n) is 13.5. The molecule has 2 heterocycles. The molecule has 5 heteroatoms. The Balaban J connectivity index is 2.23. The summed E-state index contributed by atoms with van der Waals surface area (Å²) < 4.78 is 7.33. The summed E-state index contributed by atoms with van der Waals surface area (Å²) in [7, 11) is 1.64. The molecule has 0 fully saturated rings. The molecule has 0 saturated heterocycles. The highest BCUT2D eigenvalue weighted by atomic mass is 16.5. The van der Waals surface area contributed by atoms with Crippen molar-refractivity contribution in [2.45, 2.75) is 46.8 Å². The maximum atomic E-state index is 5.31. The van der Waals surface area contributed by atoms with Crippen LogP contribution in [-0.2, 0) is 13.1 Å². The minimum Gasteiger partial charge on any atom is -0.481 e. The van der Waals surface area contributed by atoms with Gasteiger partial charge in [0.2, 0.25) is 5.88 Å². The summed E-state index contributed by atoms with van der Waals surface area (Å²) in [4.78, 5) is 4.24. The van der Waals surface area contributed by atoms with E-state index in [9.17, 15) is 0 Å². The van der Waals surface area contributed by atoms with Crippen molar-refractivity contribution in [2.75, 3.05) is 7.11 Å². The van der Waals surface area contributed by atoms with Crippen molar-refractivity contribution in [3.8, 4) is 5.88 Å². The van der Waals surface area contributed by atoms with E-state index in [-0.39, 0.29) is 0 Å². The lowest BCUT2D eigenvalue weighted by molar-refractivity contribution is 0.390. The fourth-order valence-corrected chi connectivity index (χ4v) is 2.34. The van der Waals surface area contributed by atoms with Crippen LogP contribution >= 0.6 is 0 Å². The Hall–Kier alpha value is -1.88. The predicted molar refractivity (Wildman–Crippen MR) is 83.6 cm³/mol. The molecule has 0 bridgehead atoms. The number of nitrogens with one attached hydrogen (secondary N) is 1. The predicted octanol–water partition coefficient (Wildman–Crippen LogP) is 2.45. The largest absolute Gasteiger partial charge is 0.481 e. The molecule has 21 heavy (non-hydrogen) atoms. The average Bonchev–Trinajstić information content (AvgIpc) is 2.72. The van der Waals surface area contributed by atoms with Crippen LogP contribution < -0.4 is 10.1 Å². The summed E-state index contributed by atoms with van der Waals surface area (Å²) >= 11 is 0. The van der Waals surface area contributed by atoms with Crippen molar-refractivity contribution >= 4 is 0 Å². The minimum absolute atomic E-state index is 0.463. The third-order valence-corrected chi connectivity index (χ3v) is 3.58. The van der Waals surface area contributed by atoms with Crippen LogP contribution in [-0.4, -0.2) is 27.9 Å². The van der Waals surface area contributed by atoms with Gasteiger partial charge in [0.15, 0.2) is 0 Å². The summed E-state index contributed by atoms with van der Waals surface area (Å²) in [5.74, 6) is 0.659. The molecule has 2 rings (SSSR count).